The molecule has 21 heavy (non-hydrogen) atoms. The van der Waals surface area contributed by atoms with Gasteiger partial charge in [-0.25, -0.2) is 9.67 Å². The van der Waals surface area contributed by atoms with Gasteiger partial charge in [0.05, 0.1) is 0 Å². The number of rotatable bonds is 7. The zero-order chi connectivity index (χ0) is 15.2. The lowest BCUT2D eigenvalue weighted by Crippen LogP contribution is -2.26. The molecule has 1 unspecified atom stereocenters. The van der Waals surface area contributed by atoms with Crippen molar-refractivity contribution in [1.82, 2.24) is 25.1 Å². The van der Waals surface area contributed by atoms with Crippen molar-refractivity contribution in [1.29, 1.82) is 0 Å². The van der Waals surface area contributed by atoms with E-state index in [1.165, 1.54) is 11.1 Å². The first-order valence-corrected chi connectivity index (χ1v) is 7.65. The predicted molar refractivity (Wildman–Crippen MR) is 84.1 cm³/mol. The molecule has 0 aliphatic heterocycles. The average Bonchev–Trinajstić information content (AvgIpc) is 2.92. The lowest BCUT2D eigenvalue weighted by atomic mass is 10.00. The molecule has 2 aromatic rings. The summed E-state index contributed by atoms with van der Waals surface area (Å²) in [6.45, 7) is 9.53. The van der Waals surface area contributed by atoms with Crippen LogP contribution in [0.15, 0.2) is 24.8 Å². The fraction of sp³-hybridized carbons (Fsp3) is 0.562. The minimum Gasteiger partial charge on any atom is -0.310 e. The van der Waals surface area contributed by atoms with Crippen LogP contribution in [0.5, 0.6) is 0 Å². The third-order valence-electron chi connectivity index (χ3n) is 3.60. The van der Waals surface area contributed by atoms with Gasteiger partial charge in [0, 0.05) is 30.9 Å². The summed E-state index contributed by atoms with van der Waals surface area (Å²) in [4.78, 5) is 8.63. The van der Waals surface area contributed by atoms with Gasteiger partial charge < -0.3 is 5.32 Å². The maximum Gasteiger partial charge on any atom is 0.138 e. The van der Waals surface area contributed by atoms with Gasteiger partial charge in [0.25, 0.3) is 0 Å². The molecule has 0 aliphatic rings. The van der Waals surface area contributed by atoms with Crippen LogP contribution < -0.4 is 5.32 Å². The Morgan fingerprint density at radius 1 is 1.33 bits per heavy atom. The van der Waals surface area contributed by atoms with Crippen LogP contribution in [0.2, 0.25) is 0 Å². The number of aromatic nitrogens is 4. The van der Waals surface area contributed by atoms with Gasteiger partial charge in [-0.2, -0.15) is 5.10 Å². The summed E-state index contributed by atoms with van der Waals surface area (Å²) in [6, 6.07) is 2.67. The van der Waals surface area contributed by atoms with Gasteiger partial charge in [-0.3, -0.25) is 4.98 Å². The largest absolute Gasteiger partial charge is 0.310 e. The van der Waals surface area contributed by atoms with Crippen molar-refractivity contribution in [2.45, 2.75) is 52.6 Å². The number of nitrogens with zero attached hydrogens (tertiary/aromatic N) is 4. The zero-order valence-electron chi connectivity index (χ0n) is 13.4. The highest BCUT2D eigenvalue weighted by Gasteiger charge is 2.18. The molecule has 0 amide bonds. The first kappa shape index (κ1) is 15.6. The van der Waals surface area contributed by atoms with Gasteiger partial charge in [0.2, 0.25) is 0 Å². The highest BCUT2D eigenvalue weighted by atomic mass is 15.3. The van der Waals surface area contributed by atoms with E-state index in [4.69, 9.17) is 0 Å². The monoisotopic (exact) mass is 287 g/mol. The fourth-order valence-corrected chi connectivity index (χ4v) is 2.52. The van der Waals surface area contributed by atoms with E-state index in [2.05, 4.69) is 54.1 Å². The first-order valence-electron chi connectivity index (χ1n) is 7.65. The van der Waals surface area contributed by atoms with Gasteiger partial charge in [-0.05, 0) is 50.9 Å². The summed E-state index contributed by atoms with van der Waals surface area (Å²) in [5.74, 6) is 1.02. The van der Waals surface area contributed by atoms with Crippen molar-refractivity contribution in [3.8, 4) is 0 Å². The van der Waals surface area contributed by atoms with Gasteiger partial charge >= 0.3 is 0 Å². The predicted octanol–water partition coefficient (Wildman–Crippen LogP) is 2.85. The Morgan fingerprint density at radius 2 is 2.14 bits per heavy atom. The summed E-state index contributed by atoms with van der Waals surface area (Å²) < 4.78 is 2.00. The molecule has 0 radical (unpaired) electrons. The molecule has 0 bridgehead atoms. The van der Waals surface area contributed by atoms with Crippen LogP contribution in [0.3, 0.4) is 0 Å². The van der Waals surface area contributed by atoms with Crippen molar-refractivity contribution in [2.75, 3.05) is 6.54 Å². The Bertz CT molecular complexity index is 561. The van der Waals surface area contributed by atoms with Crippen LogP contribution in [-0.4, -0.2) is 26.3 Å². The molecule has 0 saturated carbocycles. The Kier molecular flexibility index (Phi) is 5.44. The highest BCUT2D eigenvalue weighted by Crippen LogP contribution is 2.21. The van der Waals surface area contributed by atoms with E-state index in [1.54, 1.807) is 6.33 Å². The Labute approximate surface area is 126 Å². The van der Waals surface area contributed by atoms with Gasteiger partial charge in [-0.1, -0.05) is 6.92 Å². The van der Waals surface area contributed by atoms with Crippen LogP contribution in [0.1, 0.15) is 56.2 Å². The molecule has 5 heteroatoms. The number of nitrogens with one attached hydrogen (secondary N) is 1. The van der Waals surface area contributed by atoms with Gasteiger partial charge in [0.15, 0.2) is 0 Å². The molecule has 5 nitrogen and oxygen atoms in total. The van der Waals surface area contributed by atoms with Gasteiger partial charge in [0.1, 0.15) is 12.2 Å². The smallest absolute Gasteiger partial charge is 0.138 e. The number of hydrogen-bond acceptors (Lipinski definition) is 4. The van der Waals surface area contributed by atoms with Crippen LogP contribution in [0.25, 0.3) is 0 Å². The van der Waals surface area contributed by atoms with Crippen molar-refractivity contribution in [2.24, 2.45) is 0 Å². The molecule has 0 aliphatic carbocycles. The van der Waals surface area contributed by atoms with Crippen LogP contribution >= 0.6 is 0 Å². The van der Waals surface area contributed by atoms with Crippen molar-refractivity contribution in [3.05, 3.63) is 41.7 Å². The van der Waals surface area contributed by atoms with Crippen molar-refractivity contribution < 1.29 is 0 Å². The molecular formula is C16H25N5. The van der Waals surface area contributed by atoms with Crippen molar-refractivity contribution >= 4 is 0 Å². The van der Waals surface area contributed by atoms with E-state index < -0.39 is 0 Å². The van der Waals surface area contributed by atoms with Gasteiger partial charge in [-0.15, -0.1) is 0 Å². The van der Waals surface area contributed by atoms with Crippen LogP contribution in [0, 0.1) is 6.92 Å². The van der Waals surface area contributed by atoms with Crippen LogP contribution in [-0.2, 0) is 6.42 Å². The molecular weight excluding hydrogens is 262 g/mol. The number of hydrogen-bond donors (Lipinski definition) is 1. The summed E-state index contributed by atoms with van der Waals surface area (Å²) in [5, 5.41) is 7.95. The summed E-state index contributed by atoms with van der Waals surface area (Å²) in [6.07, 6.45) is 7.37. The molecule has 0 fully saturated rings. The maximum absolute atomic E-state index is 4.44. The topological polar surface area (TPSA) is 55.6 Å². The number of aryl methyl sites for hydroxylation is 1. The molecule has 1 atom stereocenters. The minimum atomic E-state index is 0.245. The van der Waals surface area contributed by atoms with E-state index in [9.17, 15) is 0 Å². The molecule has 0 saturated heterocycles. The Hall–Kier alpha value is -1.75. The third kappa shape index (κ3) is 3.88. The SMILES string of the molecule is CCCNC(Cc1ncnn1C(C)C)c1ccncc1C. The second-order valence-corrected chi connectivity index (χ2v) is 5.66. The molecule has 114 valence electrons. The van der Waals surface area contributed by atoms with E-state index in [0.29, 0.717) is 6.04 Å². The fourth-order valence-electron chi connectivity index (χ4n) is 2.52. The molecule has 2 heterocycles. The highest BCUT2D eigenvalue weighted by molar-refractivity contribution is 5.26. The molecule has 2 rings (SSSR count). The second-order valence-electron chi connectivity index (χ2n) is 5.66. The van der Waals surface area contributed by atoms with Crippen LogP contribution in [0.4, 0.5) is 0 Å². The van der Waals surface area contributed by atoms with E-state index in [-0.39, 0.29) is 6.04 Å². The average molecular weight is 287 g/mol. The van der Waals surface area contributed by atoms with E-state index in [0.717, 1.165) is 25.2 Å². The van der Waals surface area contributed by atoms with E-state index >= 15 is 0 Å². The zero-order valence-corrected chi connectivity index (χ0v) is 13.4. The lowest BCUT2D eigenvalue weighted by molar-refractivity contribution is 0.462. The molecule has 1 N–H and O–H groups in total. The third-order valence-corrected chi connectivity index (χ3v) is 3.60. The normalized spacial score (nSPS) is 12.8. The van der Waals surface area contributed by atoms with E-state index in [1.807, 2.05) is 17.1 Å². The first-order chi connectivity index (χ1) is 10.1. The van der Waals surface area contributed by atoms with Crippen molar-refractivity contribution in [3.63, 3.8) is 0 Å². The quantitative estimate of drug-likeness (QED) is 0.851. The summed E-state index contributed by atoms with van der Waals surface area (Å²) in [7, 11) is 0. The summed E-state index contributed by atoms with van der Waals surface area (Å²) in [5.41, 5.74) is 2.50. The number of pyridine rings is 1. The maximum atomic E-state index is 4.44. The molecule has 2 aromatic heterocycles. The Balaban J connectivity index is 2.24. The Morgan fingerprint density at radius 3 is 2.81 bits per heavy atom. The standard InChI is InChI=1S/C16H25N5/c1-5-7-18-15(14-6-8-17-10-13(14)4)9-16-19-11-20-21(16)12(2)3/h6,8,10-12,15,18H,5,7,9H2,1-4H3. The minimum absolute atomic E-state index is 0.245. The summed E-state index contributed by atoms with van der Waals surface area (Å²) >= 11 is 0. The second kappa shape index (κ2) is 7.31. The molecule has 0 aromatic carbocycles. The molecule has 0 spiro atoms. The lowest BCUT2D eigenvalue weighted by Gasteiger charge is -2.21.